The van der Waals surface area contributed by atoms with Gasteiger partial charge >= 0.3 is 0 Å². The highest BCUT2D eigenvalue weighted by atomic mass is 16.5. The van der Waals surface area contributed by atoms with Crippen LogP contribution in [0.15, 0.2) is 84.9 Å². The van der Waals surface area contributed by atoms with Crippen molar-refractivity contribution in [2.45, 2.75) is 0 Å². The Morgan fingerprint density at radius 1 is 0.759 bits per heavy atom. The Morgan fingerprint density at radius 3 is 2.10 bits per heavy atom. The number of nitrogens with two attached hydrogens (primary N) is 1. The Hall–Kier alpha value is -4.06. The van der Waals surface area contributed by atoms with E-state index in [1.54, 1.807) is 7.11 Å². The van der Waals surface area contributed by atoms with Gasteiger partial charge in [0.15, 0.2) is 0 Å². The number of nitrogens with one attached hydrogen (secondary N) is 1. The predicted molar refractivity (Wildman–Crippen MR) is 115 cm³/mol. The summed E-state index contributed by atoms with van der Waals surface area (Å²) in [6.07, 6.45) is 0. The van der Waals surface area contributed by atoms with E-state index in [9.17, 15) is 0 Å². The summed E-state index contributed by atoms with van der Waals surface area (Å²) in [4.78, 5) is 8.61. The van der Waals surface area contributed by atoms with E-state index in [4.69, 9.17) is 15.2 Å². The summed E-state index contributed by atoms with van der Waals surface area (Å²) < 4.78 is 11.0. The molecule has 0 atom stereocenters. The third-order valence-corrected chi connectivity index (χ3v) is 4.23. The van der Waals surface area contributed by atoms with Crippen molar-refractivity contribution in [3.8, 4) is 28.5 Å². The Balaban J connectivity index is 1.50. The molecule has 0 radical (unpaired) electrons. The third-order valence-electron chi connectivity index (χ3n) is 4.23. The van der Waals surface area contributed by atoms with Gasteiger partial charge in [-0.05, 0) is 60.7 Å². The maximum atomic E-state index is 5.91. The molecule has 0 aliphatic rings. The first-order valence-corrected chi connectivity index (χ1v) is 9.08. The fraction of sp³-hybridized carbons (Fsp3) is 0.0435. The van der Waals surface area contributed by atoms with Crippen LogP contribution in [0.3, 0.4) is 0 Å². The van der Waals surface area contributed by atoms with Crippen LogP contribution in [0.2, 0.25) is 0 Å². The highest BCUT2D eigenvalue weighted by Gasteiger charge is 2.06. The normalized spacial score (nSPS) is 10.4. The van der Waals surface area contributed by atoms with Gasteiger partial charge in [0.25, 0.3) is 0 Å². The molecule has 0 saturated heterocycles. The molecule has 0 aliphatic heterocycles. The second-order valence-electron chi connectivity index (χ2n) is 6.29. The number of para-hydroxylation sites is 1. The number of aromatic nitrogens is 2. The molecule has 0 unspecified atom stereocenters. The largest absolute Gasteiger partial charge is 0.497 e. The Labute approximate surface area is 169 Å². The molecule has 1 heterocycles. The van der Waals surface area contributed by atoms with Crippen LogP contribution in [-0.4, -0.2) is 17.1 Å². The van der Waals surface area contributed by atoms with E-state index in [0.717, 1.165) is 34.2 Å². The van der Waals surface area contributed by atoms with Crippen molar-refractivity contribution in [2.24, 2.45) is 0 Å². The van der Waals surface area contributed by atoms with Gasteiger partial charge in [0.05, 0.1) is 12.8 Å². The van der Waals surface area contributed by atoms with Crippen LogP contribution in [0.1, 0.15) is 0 Å². The molecular weight excluding hydrogens is 364 g/mol. The lowest BCUT2D eigenvalue weighted by atomic mass is 10.1. The summed E-state index contributed by atoms with van der Waals surface area (Å²) in [6, 6.07) is 26.8. The van der Waals surface area contributed by atoms with Gasteiger partial charge in [-0.3, -0.25) is 0 Å². The van der Waals surface area contributed by atoms with Crippen LogP contribution in [0, 0.1) is 0 Å². The topological polar surface area (TPSA) is 82.3 Å². The number of rotatable bonds is 6. The monoisotopic (exact) mass is 384 g/mol. The highest BCUT2D eigenvalue weighted by molar-refractivity contribution is 5.67. The number of ether oxygens (including phenoxy) is 2. The fourth-order valence-corrected chi connectivity index (χ4v) is 2.82. The molecule has 1 aromatic heterocycles. The molecule has 0 aliphatic carbocycles. The first-order valence-electron chi connectivity index (χ1n) is 9.08. The molecule has 4 aromatic rings. The number of hydrogen-bond donors (Lipinski definition) is 2. The minimum Gasteiger partial charge on any atom is -0.497 e. The standard InChI is InChI=1S/C23H20N4O2/c1-28-18-11-7-16(8-12-18)21-15-22(27-23(24)26-21)25-17-9-13-20(14-10-17)29-19-5-3-2-4-6-19/h2-15H,1H3,(H3,24,25,26,27). The van der Waals surface area contributed by atoms with Crippen LogP contribution in [0.25, 0.3) is 11.3 Å². The molecule has 29 heavy (non-hydrogen) atoms. The highest BCUT2D eigenvalue weighted by Crippen LogP contribution is 2.27. The molecule has 6 nitrogen and oxygen atoms in total. The Morgan fingerprint density at radius 2 is 1.41 bits per heavy atom. The van der Waals surface area contributed by atoms with Gasteiger partial charge in [-0.2, -0.15) is 4.98 Å². The molecule has 0 bridgehead atoms. The molecule has 0 saturated carbocycles. The molecular formula is C23H20N4O2. The minimum atomic E-state index is 0.199. The number of anilines is 3. The van der Waals surface area contributed by atoms with Gasteiger partial charge in [-0.25, -0.2) is 4.98 Å². The van der Waals surface area contributed by atoms with Crippen LogP contribution >= 0.6 is 0 Å². The van der Waals surface area contributed by atoms with E-state index >= 15 is 0 Å². The lowest BCUT2D eigenvalue weighted by Crippen LogP contribution is -2.01. The molecule has 0 spiro atoms. The van der Waals surface area contributed by atoms with Crippen molar-refractivity contribution in [2.75, 3.05) is 18.2 Å². The third kappa shape index (κ3) is 4.62. The van der Waals surface area contributed by atoms with E-state index in [0.29, 0.717) is 5.82 Å². The van der Waals surface area contributed by atoms with E-state index in [2.05, 4.69) is 15.3 Å². The van der Waals surface area contributed by atoms with Crippen LogP contribution in [-0.2, 0) is 0 Å². The maximum absolute atomic E-state index is 5.91. The van der Waals surface area contributed by atoms with Crippen molar-refractivity contribution in [1.82, 2.24) is 9.97 Å². The van der Waals surface area contributed by atoms with E-state index in [1.807, 2.05) is 84.9 Å². The smallest absolute Gasteiger partial charge is 0.222 e. The van der Waals surface area contributed by atoms with Gasteiger partial charge in [-0.1, -0.05) is 18.2 Å². The van der Waals surface area contributed by atoms with Gasteiger partial charge in [0.1, 0.15) is 23.1 Å². The van der Waals surface area contributed by atoms with Crippen molar-refractivity contribution in [3.63, 3.8) is 0 Å². The average Bonchev–Trinajstić information content (AvgIpc) is 2.75. The summed E-state index contributed by atoms with van der Waals surface area (Å²) in [5.74, 6) is 3.14. The number of nitrogen functional groups attached to an aromatic ring is 1. The summed E-state index contributed by atoms with van der Waals surface area (Å²) in [5.41, 5.74) is 8.43. The molecule has 6 heteroatoms. The van der Waals surface area contributed by atoms with Gasteiger partial charge < -0.3 is 20.5 Å². The molecule has 144 valence electrons. The number of benzene rings is 3. The summed E-state index contributed by atoms with van der Waals surface area (Å²) >= 11 is 0. The molecule has 4 rings (SSSR count). The van der Waals surface area contributed by atoms with Crippen LogP contribution in [0.4, 0.5) is 17.5 Å². The van der Waals surface area contributed by atoms with Gasteiger partial charge in [-0.15, -0.1) is 0 Å². The summed E-state index contributed by atoms with van der Waals surface area (Å²) in [7, 11) is 1.63. The summed E-state index contributed by atoms with van der Waals surface area (Å²) in [5, 5.41) is 3.26. The lowest BCUT2D eigenvalue weighted by Gasteiger charge is -2.10. The molecule has 3 aromatic carbocycles. The second kappa shape index (κ2) is 8.31. The Bertz CT molecular complexity index is 1080. The van der Waals surface area contributed by atoms with Crippen molar-refractivity contribution in [1.29, 1.82) is 0 Å². The zero-order valence-corrected chi connectivity index (χ0v) is 15.9. The predicted octanol–water partition coefficient (Wildman–Crippen LogP) is 5.27. The molecule has 3 N–H and O–H groups in total. The van der Waals surface area contributed by atoms with Crippen LogP contribution in [0.5, 0.6) is 17.2 Å². The summed E-state index contributed by atoms with van der Waals surface area (Å²) in [6.45, 7) is 0. The van der Waals surface area contributed by atoms with Crippen molar-refractivity contribution in [3.05, 3.63) is 84.9 Å². The quantitative estimate of drug-likeness (QED) is 0.471. The molecule has 0 amide bonds. The number of methoxy groups -OCH3 is 1. The average molecular weight is 384 g/mol. The van der Waals surface area contributed by atoms with Gasteiger partial charge in [0.2, 0.25) is 5.95 Å². The van der Waals surface area contributed by atoms with Crippen LogP contribution < -0.4 is 20.5 Å². The van der Waals surface area contributed by atoms with E-state index in [-0.39, 0.29) is 5.95 Å². The minimum absolute atomic E-state index is 0.199. The lowest BCUT2D eigenvalue weighted by molar-refractivity contribution is 0.415. The van der Waals surface area contributed by atoms with E-state index in [1.165, 1.54) is 0 Å². The number of nitrogens with zero attached hydrogens (tertiary/aromatic N) is 2. The maximum Gasteiger partial charge on any atom is 0.222 e. The Kier molecular flexibility index (Phi) is 5.25. The SMILES string of the molecule is COc1ccc(-c2cc(Nc3ccc(Oc4ccccc4)cc3)nc(N)n2)cc1. The first kappa shape index (κ1) is 18.3. The van der Waals surface area contributed by atoms with E-state index < -0.39 is 0 Å². The van der Waals surface area contributed by atoms with Gasteiger partial charge in [0, 0.05) is 17.3 Å². The molecule has 0 fully saturated rings. The second-order valence-corrected chi connectivity index (χ2v) is 6.29. The zero-order valence-electron chi connectivity index (χ0n) is 15.9. The fourth-order valence-electron chi connectivity index (χ4n) is 2.82. The van der Waals surface area contributed by atoms with Crippen molar-refractivity contribution >= 4 is 17.5 Å². The zero-order chi connectivity index (χ0) is 20.1. The number of hydrogen-bond acceptors (Lipinski definition) is 6. The van der Waals surface area contributed by atoms with Crippen molar-refractivity contribution < 1.29 is 9.47 Å². The first-order chi connectivity index (χ1) is 14.2.